The maximum absolute atomic E-state index is 9.05. The van der Waals surface area contributed by atoms with Crippen LogP contribution in [0, 0.1) is 11.3 Å². The molecule has 0 aliphatic rings. The summed E-state index contributed by atoms with van der Waals surface area (Å²) in [6.45, 7) is 0. The summed E-state index contributed by atoms with van der Waals surface area (Å²) in [5, 5.41) is 9.71. The SMILES string of the molecule is N#Cc1c(-c2ccc(Cl)cc2Br)c[nH]c1Br. The fraction of sp³-hybridized carbons (Fsp3) is 0. The first-order chi connectivity index (χ1) is 7.63. The Kier molecular flexibility index (Phi) is 3.38. The molecule has 5 heteroatoms. The van der Waals surface area contributed by atoms with Gasteiger partial charge in [-0.05, 0) is 33.6 Å². The minimum absolute atomic E-state index is 0.586. The molecule has 16 heavy (non-hydrogen) atoms. The highest BCUT2D eigenvalue weighted by molar-refractivity contribution is 9.10. The third-order valence-corrected chi connectivity index (χ3v) is 3.68. The molecule has 2 aromatic rings. The molecule has 0 aliphatic heterocycles. The second kappa shape index (κ2) is 4.62. The van der Waals surface area contributed by atoms with Crippen molar-refractivity contribution in [3.05, 3.63) is 44.1 Å². The van der Waals surface area contributed by atoms with E-state index in [0.717, 1.165) is 15.6 Å². The average molecular weight is 360 g/mol. The summed E-state index contributed by atoms with van der Waals surface area (Å²) < 4.78 is 1.55. The van der Waals surface area contributed by atoms with Gasteiger partial charge >= 0.3 is 0 Å². The normalized spacial score (nSPS) is 10.1. The molecule has 2 rings (SSSR count). The van der Waals surface area contributed by atoms with E-state index in [1.807, 2.05) is 6.07 Å². The Morgan fingerprint density at radius 2 is 2.00 bits per heavy atom. The van der Waals surface area contributed by atoms with E-state index in [-0.39, 0.29) is 0 Å². The van der Waals surface area contributed by atoms with Crippen molar-refractivity contribution in [1.29, 1.82) is 5.26 Å². The minimum Gasteiger partial charge on any atom is -0.354 e. The van der Waals surface area contributed by atoms with Gasteiger partial charge in [0.2, 0.25) is 0 Å². The van der Waals surface area contributed by atoms with Gasteiger partial charge in [0.05, 0.1) is 5.56 Å². The maximum Gasteiger partial charge on any atom is 0.103 e. The maximum atomic E-state index is 9.05. The van der Waals surface area contributed by atoms with Crippen molar-refractivity contribution < 1.29 is 0 Å². The standard InChI is InChI=1S/C11H5Br2ClN2/c12-10-3-6(14)1-2-7(10)9-5-16-11(13)8(9)4-15/h1-3,5,16H. The highest BCUT2D eigenvalue weighted by atomic mass is 79.9. The van der Waals surface area contributed by atoms with Crippen LogP contribution in [-0.2, 0) is 0 Å². The van der Waals surface area contributed by atoms with Crippen molar-refractivity contribution in [2.75, 3.05) is 0 Å². The van der Waals surface area contributed by atoms with Crippen molar-refractivity contribution in [3.8, 4) is 17.2 Å². The van der Waals surface area contributed by atoms with E-state index in [1.54, 1.807) is 18.3 Å². The van der Waals surface area contributed by atoms with Crippen LogP contribution in [0.1, 0.15) is 5.56 Å². The smallest absolute Gasteiger partial charge is 0.103 e. The Balaban J connectivity index is 2.64. The molecular formula is C11H5Br2ClN2. The second-order valence-electron chi connectivity index (χ2n) is 3.13. The molecule has 80 valence electrons. The molecule has 0 saturated carbocycles. The van der Waals surface area contributed by atoms with Crippen LogP contribution in [0.2, 0.25) is 5.02 Å². The lowest BCUT2D eigenvalue weighted by molar-refractivity contribution is 1.35. The predicted molar refractivity (Wildman–Crippen MR) is 71.4 cm³/mol. The Labute approximate surface area is 114 Å². The first kappa shape index (κ1) is 11.7. The van der Waals surface area contributed by atoms with Crippen molar-refractivity contribution in [2.24, 2.45) is 0 Å². The molecule has 1 N–H and O–H groups in total. The monoisotopic (exact) mass is 358 g/mol. The van der Waals surface area contributed by atoms with E-state index in [4.69, 9.17) is 16.9 Å². The van der Waals surface area contributed by atoms with Crippen LogP contribution in [0.4, 0.5) is 0 Å². The Morgan fingerprint density at radius 3 is 2.62 bits per heavy atom. The average Bonchev–Trinajstić information content (AvgIpc) is 2.59. The Morgan fingerprint density at radius 1 is 1.25 bits per heavy atom. The quantitative estimate of drug-likeness (QED) is 0.784. The van der Waals surface area contributed by atoms with E-state index in [2.05, 4.69) is 42.9 Å². The lowest BCUT2D eigenvalue weighted by Gasteiger charge is -2.03. The second-order valence-corrected chi connectivity index (χ2v) is 5.21. The fourth-order valence-electron chi connectivity index (χ4n) is 1.43. The number of aromatic nitrogens is 1. The van der Waals surface area contributed by atoms with Crippen molar-refractivity contribution in [2.45, 2.75) is 0 Å². The van der Waals surface area contributed by atoms with Crippen LogP contribution in [-0.4, -0.2) is 4.98 Å². The van der Waals surface area contributed by atoms with Gasteiger partial charge in [0.25, 0.3) is 0 Å². The molecule has 0 atom stereocenters. The Hall–Kier alpha value is -0.760. The number of nitrogens with zero attached hydrogens (tertiary/aromatic N) is 1. The molecule has 0 amide bonds. The summed E-state index contributed by atoms with van der Waals surface area (Å²) in [7, 11) is 0. The van der Waals surface area contributed by atoms with E-state index >= 15 is 0 Å². The van der Waals surface area contributed by atoms with Crippen LogP contribution < -0.4 is 0 Å². The van der Waals surface area contributed by atoms with Gasteiger partial charge in [-0.2, -0.15) is 5.26 Å². The number of benzene rings is 1. The molecule has 0 bridgehead atoms. The zero-order chi connectivity index (χ0) is 11.7. The zero-order valence-corrected chi connectivity index (χ0v) is 11.8. The summed E-state index contributed by atoms with van der Waals surface area (Å²) in [6, 6.07) is 7.63. The third kappa shape index (κ3) is 2.03. The number of halogens is 3. The number of hydrogen-bond donors (Lipinski definition) is 1. The Bertz CT molecular complexity index is 584. The lowest BCUT2D eigenvalue weighted by Crippen LogP contribution is -1.81. The van der Waals surface area contributed by atoms with E-state index in [0.29, 0.717) is 15.2 Å². The summed E-state index contributed by atoms with van der Waals surface area (Å²) in [6.07, 6.45) is 1.79. The highest BCUT2D eigenvalue weighted by Crippen LogP contribution is 2.34. The molecule has 1 aromatic heterocycles. The zero-order valence-electron chi connectivity index (χ0n) is 7.89. The number of hydrogen-bond acceptors (Lipinski definition) is 1. The molecule has 0 fully saturated rings. The van der Waals surface area contributed by atoms with Gasteiger partial charge in [0.1, 0.15) is 10.7 Å². The summed E-state index contributed by atoms with van der Waals surface area (Å²) >= 11 is 12.6. The van der Waals surface area contributed by atoms with Crippen LogP contribution in [0.5, 0.6) is 0 Å². The van der Waals surface area contributed by atoms with Crippen molar-refractivity contribution in [1.82, 2.24) is 4.98 Å². The van der Waals surface area contributed by atoms with E-state index < -0.39 is 0 Å². The van der Waals surface area contributed by atoms with E-state index in [9.17, 15) is 0 Å². The van der Waals surface area contributed by atoms with Crippen LogP contribution in [0.25, 0.3) is 11.1 Å². The first-order valence-electron chi connectivity index (χ1n) is 4.36. The lowest BCUT2D eigenvalue weighted by atomic mass is 10.1. The molecule has 0 aliphatic carbocycles. The number of nitrogens with one attached hydrogen (secondary N) is 1. The molecule has 0 saturated heterocycles. The molecule has 1 aromatic carbocycles. The molecule has 2 nitrogen and oxygen atoms in total. The van der Waals surface area contributed by atoms with Gasteiger partial charge in [-0.1, -0.05) is 33.6 Å². The third-order valence-electron chi connectivity index (χ3n) is 2.17. The molecular weight excluding hydrogens is 355 g/mol. The number of aromatic amines is 1. The van der Waals surface area contributed by atoms with Crippen molar-refractivity contribution in [3.63, 3.8) is 0 Å². The van der Waals surface area contributed by atoms with Gasteiger partial charge in [-0.15, -0.1) is 0 Å². The summed E-state index contributed by atoms with van der Waals surface area (Å²) in [5.41, 5.74) is 2.36. The van der Waals surface area contributed by atoms with Gasteiger partial charge in [-0.3, -0.25) is 0 Å². The summed E-state index contributed by atoms with van der Waals surface area (Å²) in [5.74, 6) is 0. The van der Waals surface area contributed by atoms with Crippen LogP contribution in [0.15, 0.2) is 33.5 Å². The van der Waals surface area contributed by atoms with Crippen molar-refractivity contribution >= 4 is 43.5 Å². The molecule has 0 unspecified atom stereocenters. The largest absolute Gasteiger partial charge is 0.354 e. The number of H-pyrrole nitrogens is 1. The number of rotatable bonds is 1. The van der Waals surface area contributed by atoms with Gasteiger partial charge in [-0.25, -0.2) is 0 Å². The minimum atomic E-state index is 0.586. The fourth-order valence-corrected chi connectivity index (χ4v) is 2.74. The number of nitriles is 1. The van der Waals surface area contributed by atoms with Crippen LogP contribution in [0.3, 0.4) is 0 Å². The topological polar surface area (TPSA) is 39.6 Å². The van der Waals surface area contributed by atoms with Crippen LogP contribution >= 0.6 is 43.5 Å². The van der Waals surface area contributed by atoms with Gasteiger partial charge in [0.15, 0.2) is 0 Å². The molecule has 1 heterocycles. The molecule has 0 spiro atoms. The predicted octanol–water partition coefficient (Wildman–Crippen LogP) is 4.73. The molecule has 0 radical (unpaired) electrons. The van der Waals surface area contributed by atoms with Gasteiger partial charge in [0, 0.05) is 21.3 Å². The first-order valence-corrected chi connectivity index (χ1v) is 6.32. The van der Waals surface area contributed by atoms with E-state index in [1.165, 1.54) is 0 Å². The highest BCUT2D eigenvalue weighted by Gasteiger charge is 2.13. The van der Waals surface area contributed by atoms with Gasteiger partial charge < -0.3 is 4.98 Å². The summed E-state index contributed by atoms with van der Waals surface area (Å²) in [4.78, 5) is 2.97.